The second-order valence-corrected chi connectivity index (χ2v) is 7.81. The molecule has 0 radical (unpaired) electrons. The molecule has 2 aromatic carbocycles. The van der Waals surface area contributed by atoms with Gasteiger partial charge in [0.2, 0.25) is 0 Å². The molecular weight excluding hydrogens is 502 g/mol. The van der Waals surface area contributed by atoms with Gasteiger partial charge in [-0.05, 0) is 60.1 Å². The van der Waals surface area contributed by atoms with Crippen molar-refractivity contribution in [2.24, 2.45) is 5.10 Å². The summed E-state index contributed by atoms with van der Waals surface area (Å²) in [5, 5.41) is 4.86. The van der Waals surface area contributed by atoms with E-state index in [9.17, 15) is 4.79 Å². The monoisotopic (exact) mass is 519 g/mol. The molecule has 0 aliphatic heterocycles. The Morgan fingerprint density at radius 2 is 1.97 bits per heavy atom. The van der Waals surface area contributed by atoms with E-state index >= 15 is 0 Å². The van der Waals surface area contributed by atoms with E-state index in [0.717, 1.165) is 14.5 Å². The van der Waals surface area contributed by atoms with E-state index in [4.69, 9.17) is 9.47 Å². The van der Waals surface area contributed by atoms with Gasteiger partial charge in [0.1, 0.15) is 12.4 Å². The Morgan fingerprint density at radius 3 is 2.69 bits per heavy atom. The summed E-state index contributed by atoms with van der Waals surface area (Å²) in [7, 11) is 0. The van der Waals surface area contributed by atoms with E-state index in [1.165, 1.54) is 4.68 Å². The fourth-order valence-electron chi connectivity index (χ4n) is 2.70. The zero-order chi connectivity index (χ0) is 21.0. The Bertz CT molecular complexity index is 1160. The predicted molar refractivity (Wildman–Crippen MR) is 122 cm³/mol. The summed E-state index contributed by atoms with van der Waals surface area (Å²) in [6, 6.07) is 9.01. The van der Waals surface area contributed by atoms with Crippen LogP contribution in [0, 0.1) is 6.92 Å². The molecule has 3 aromatic rings. The summed E-state index contributed by atoms with van der Waals surface area (Å²) in [6.07, 6.45) is 3.25. The average molecular weight is 521 g/mol. The smallest absolute Gasteiger partial charge is 0.282 e. The van der Waals surface area contributed by atoms with Crippen LogP contribution >= 0.6 is 31.9 Å². The maximum absolute atomic E-state index is 12.9. The third kappa shape index (κ3) is 4.76. The fourth-order valence-corrected chi connectivity index (χ4v) is 3.48. The Kier molecular flexibility index (Phi) is 6.87. The minimum absolute atomic E-state index is 0.239. The van der Waals surface area contributed by atoms with E-state index in [-0.39, 0.29) is 5.56 Å². The van der Waals surface area contributed by atoms with Crippen molar-refractivity contribution in [3.05, 3.63) is 73.7 Å². The first-order valence-electron chi connectivity index (χ1n) is 8.88. The molecule has 0 unspecified atom stereocenters. The van der Waals surface area contributed by atoms with Crippen molar-refractivity contribution in [3.8, 4) is 11.5 Å². The minimum atomic E-state index is -0.239. The van der Waals surface area contributed by atoms with Gasteiger partial charge in [-0.2, -0.15) is 9.78 Å². The average Bonchev–Trinajstić information content (AvgIpc) is 2.69. The first-order chi connectivity index (χ1) is 13.9. The molecule has 0 atom stereocenters. The fraction of sp³-hybridized carbons (Fsp3) is 0.190. The summed E-state index contributed by atoms with van der Waals surface area (Å²) in [6.45, 7) is 8.16. The van der Waals surface area contributed by atoms with Crippen molar-refractivity contribution in [3.63, 3.8) is 0 Å². The molecule has 29 heavy (non-hydrogen) atoms. The zero-order valence-corrected chi connectivity index (χ0v) is 19.2. The lowest BCUT2D eigenvalue weighted by atomic mass is 10.2. The van der Waals surface area contributed by atoms with Crippen LogP contribution < -0.4 is 15.0 Å². The van der Waals surface area contributed by atoms with Crippen molar-refractivity contribution < 1.29 is 9.47 Å². The lowest BCUT2D eigenvalue weighted by Crippen LogP contribution is -2.20. The molecule has 8 heteroatoms. The summed E-state index contributed by atoms with van der Waals surface area (Å²) in [5.41, 5.74) is 1.13. The highest BCUT2D eigenvalue weighted by atomic mass is 79.9. The van der Waals surface area contributed by atoms with Crippen LogP contribution in [0.5, 0.6) is 11.5 Å². The van der Waals surface area contributed by atoms with Crippen LogP contribution in [0.25, 0.3) is 10.9 Å². The Hall–Kier alpha value is -2.45. The van der Waals surface area contributed by atoms with E-state index in [2.05, 4.69) is 48.5 Å². The topological polar surface area (TPSA) is 65.7 Å². The highest BCUT2D eigenvalue weighted by Crippen LogP contribution is 2.33. The normalized spacial score (nSPS) is 11.2. The molecule has 1 aromatic heterocycles. The number of hydrogen-bond acceptors (Lipinski definition) is 5. The second-order valence-electron chi connectivity index (χ2n) is 6.04. The van der Waals surface area contributed by atoms with Gasteiger partial charge in [0, 0.05) is 14.5 Å². The number of ether oxygens (including phenoxy) is 2. The molecule has 0 N–H and O–H groups in total. The summed E-state index contributed by atoms with van der Waals surface area (Å²) in [4.78, 5) is 17.3. The van der Waals surface area contributed by atoms with Gasteiger partial charge in [-0.25, -0.2) is 4.98 Å². The van der Waals surface area contributed by atoms with Gasteiger partial charge in [-0.1, -0.05) is 28.6 Å². The van der Waals surface area contributed by atoms with Crippen LogP contribution in [-0.2, 0) is 0 Å². The van der Waals surface area contributed by atoms with Crippen molar-refractivity contribution in [1.82, 2.24) is 9.66 Å². The molecule has 0 saturated heterocycles. The number of nitrogens with zero attached hydrogens (tertiary/aromatic N) is 3. The van der Waals surface area contributed by atoms with Crippen molar-refractivity contribution in [2.75, 3.05) is 13.2 Å². The van der Waals surface area contributed by atoms with E-state index in [0.29, 0.717) is 41.4 Å². The van der Waals surface area contributed by atoms with Crippen molar-refractivity contribution in [2.45, 2.75) is 13.8 Å². The van der Waals surface area contributed by atoms with Crippen LogP contribution in [0.3, 0.4) is 0 Å². The van der Waals surface area contributed by atoms with Gasteiger partial charge in [-0.15, -0.1) is 0 Å². The summed E-state index contributed by atoms with van der Waals surface area (Å²) < 4.78 is 14.2. The van der Waals surface area contributed by atoms with Crippen molar-refractivity contribution >= 4 is 49.0 Å². The van der Waals surface area contributed by atoms with E-state index in [1.807, 2.05) is 13.0 Å². The zero-order valence-electron chi connectivity index (χ0n) is 16.0. The number of rotatable bonds is 7. The maximum atomic E-state index is 12.9. The molecule has 150 valence electrons. The number of halogens is 2. The molecule has 0 aliphatic rings. The van der Waals surface area contributed by atoms with Crippen LogP contribution in [0.15, 0.2) is 61.8 Å². The lowest BCUT2D eigenvalue weighted by molar-refractivity contribution is 0.296. The number of aromatic nitrogens is 2. The van der Waals surface area contributed by atoms with Gasteiger partial charge in [-0.3, -0.25) is 4.79 Å². The Morgan fingerprint density at radius 1 is 1.21 bits per heavy atom. The molecule has 0 aliphatic carbocycles. The van der Waals surface area contributed by atoms with Crippen LogP contribution in [0.1, 0.15) is 18.3 Å². The third-order valence-electron chi connectivity index (χ3n) is 4.00. The highest BCUT2D eigenvalue weighted by Gasteiger charge is 2.11. The lowest BCUT2D eigenvalue weighted by Gasteiger charge is -2.13. The molecule has 0 bridgehead atoms. The standard InChI is InChI=1S/C21H19Br2N3O3/c1-4-8-29-20-11-17(23)14(9-19(20)28-5-2)12-24-26-13(3)25-18-7-6-15(22)10-16(18)21(26)27/h4,6-7,9-12H,1,5,8H2,2-3H3. The molecule has 0 saturated carbocycles. The number of fused-ring (bicyclic) bond motifs is 1. The molecule has 0 spiro atoms. The van der Waals surface area contributed by atoms with Gasteiger partial charge in [0.25, 0.3) is 5.56 Å². The Balaban J connectivity index is 2.04. The van der Waals surface area contributed by atoms with Crippen LogP contribution in [-0.4, -0.2) is 29.1 Å². The number of aryl methyl sites for hydroxylation is 1. The number of benzene rings is 2. The first kappa shape index (κ1) is 21.3. The Labute approximate surface area is 185 Å². The maximum Gasteiger partial charge on any atom is 0.282 e. The van der Waals surface area contributed by atoms with Gasteiger partial charge < -0.3 is 9.47 Å². The summed E-state index contributed by atoms with van der Waals surface area (Å²) >= 11 is 6.91. The second kappa shape index (κ2) is 9.37. The van der Waals surface area contributed by atoms with E-state index < -0.39 is 0 Å². The predicted octanol–water partition coefficient (Wildman–Crippen LogP) is 5.08. The van der Waals surface area contributed by atoms with Gasteiger partial charge >= 0.3 is 0 Å². The first-order valence-corrected chi connectivity index (χ1v) is 10.5. The molecule has 0 fully saturated rings. The molecule has 3 rings (SSSR count). The number of hydrogen-bond donors (Lipinski definition) is 0. The highest BCUT2D eigenvalue weighted by molar-refractivity contribution is 9.10. The van der Waals surface area contributed by atoms with E-state index in [1.54, 1.807) is 43.5 Å². The molecule has 1 heterocycles. The quantitative estimate of drug-likeness (QED) is 0.322. The van der Waals surface area contributed by atoms with Crippen LogP contribution in [0.4, 0.5) is 0 Å². The molecular formula is C21H19Br2N3O3. The molecule has 0 amide bonds. The molecule has 6 nitrogen and oxygen atoms in total. The largest absolute Gasteiger partial charge is 0.490 e. The van der Waals surface area contributed by atoms with Gasteiger partial charge in [0.15, 0.2) is 11.5 Å². The van der Waals surface area contributed by atoms with Crippen molar-refractivity contribution in [1.29, 1.82) is 0 Å². The van der Waals surface area contributed by atoms with Gasteiger partial charge in [0.05, 0.1) is 23.7 Å². The van der Waals surface area contributed by atoms with Crippen LogP contribution in [0.2, 0.25) is 0 Å². The summed E-state index contributed by atoms with van der Waals surface area (Å²) in [5.74, 6) is 1.68. The SMILES string of the molecule is C=CCOc1cc(Br)c(C=Nn2c(C)nc3ccc(Br)cc3c2=O)cc1OCC. The minimum Gasteiger partial charge on any atom is -0.490 e. The third-order valence-corrected chi connectivity index (χ3v) is 5.18.